The number of rotatable bonds is 4. The highest BCUT2D eigenvalue weighted by atomic mass is 32.2. The average Bonchev–Trinajstić information content (AvgIpc) is 2.99. The summed E-state index contributed by atoms with van der Waals surface area (Å²) < 4.78 is 3.40. The molecule has 1 atom stereocenters. The van der Waals surface area contributed by atoms with E-state index in [4.69, 9.17) is 10.7 Å². The summed E-state index contributed by atoms with van der Waals surface area (Å²) in [7, 11) is 0. The van der Waals surface area contributed by atoms with Crippen LogP contribution in [0.2, 0.25) is 0 Å². The molecule has 3 nitrogen and oxygen atoms in total. The molecule has 3 aromatic rings. The van der Waals surface area contributed by atoms with E-state index in [1.54, 1.807) is 23.1 Å². The van der Waals surface area contributed by atoms with Gasteiger partial charge in [0.05, 0.1) is 9.90 Å². The van der Waals surface area contributed by atoms with Crippen LogP contribution in [0.5, 0.6) is 0 Å². The molecule has 3 aromatic heterocycles. The van der Waals surface area contributed by atoms with Crippen molar-refractivity contribution in [2.75, 3.05) is 0 Å². The van der Waals surface area contributed by atoms with Crippen LogP contribution in [0.1, 0.15) is 12.6 Å². The maximum atomic E-state index is 5.97. The minimum Gasteiger partial charge on any atom is -0.328 e. The Morgan fingerprint density at radius 1 is 1.37 bits per heavy atom. The first-order valence-electron chi connectivity index (χ1n) is 6.17. The summed E-state index contributed by atoms with van der Waals surface area (Å²) in [6.45, 7) is 2.03. The highest BCUT2D eigenvalue weighted by molar-refractivity contribution is 8.01. The normalized spacial score (nSPS) is 12.9. The summed E-state index contributed by atoms with van der Waals surface area (Å²) in [5, 5.41) is 3.15. The molecule has 0 saturated heterocycles. The fraction of sp³-hybridized carbons (Fsp3) is 0.214. The zero-order valence-corrected chi connectivity index (χ0v) is 12.2. The number of imidazole rings is 1. The van der Waals surface area contributed by atoms with Crippen molar-refractivity contribution >= 4 is 28.7 Å². The Morgan fingerprint density at radius 2 is 2.26 bits per heavy atom. The van der Waals surface area contributed by atoms with Crippen LogP contribution in [-0.4, -0.2) is 15.4 Å². The Labute approximate surface area is 120 Å². The molecule has 98 valence electrons. The highest BCUT2D eigenvalue weighted by Gasteiger charge is 2.14. The van der Waals surface area contributed by atoms with Crippen LogP contribution in [0, 0.1) is 0 Å². The number of pyridine rings is 1. The Hall–Kier alpha value is -1.30. The Morgan fingerprint density at radius 3 is 3.00 bits per heavy atom. The van der Waals surface area contributed by atoms with Gasteiger partial charge in [-0.3, -0.25) is 0 Å². The van der Waals surface area contributed by atoms with Gasteiger partial charge in [-0.15, -0.1) is 11.3 Å². The standard InChI is InChI=1S/C14H15N3S2/c1-10(15)9-11-14(19-13-6-4-8-18-13)16-12-5-2-3-7-17(11)12/h2-8,10H,9,15H2,1H3. The average molecular weight is 289 g/mol. The number of fused-ring (bicyclic) bond motifs is 1. The van der Waals surface area contributed by atoms with E-state index in [2.05, 4.69) is 28.1 Å². The summed E-state index contributed by atoms with van der Waals surface area (Å²) in [4.78, 5) is 4.72. The molecule has 0 aliphatic rings. The van der Waals surface area contributed by atoms with Crippen LogP contribution in [-0.2, 0) is 6.42 Å². The molecule has 0 fully saturated rings. The first-order valence-corrected chi connectivity index (χ1v) is 7.86. The third-order valence-corrected chi connectivity index (χ3v) is 4.86. The lowest BCUT2D eigenvalue weighted by Crippen LogP contribution is -2.19. The van der Waals surface area contributed by atoms with Gasteiger partial charge in [-0.1, -0.05) is 23.9 Å². The lowest BCUT2D eigenvalue weighted by atomic mass is 10.2. The van der Waals surface area contributed by atoms with Gasteiger partial charge in [0.25, 0.3) is 0 Å². The molecule has 5 heteroatoms. The lowest BCUT2D eigenvalue weighted by Gasteiger charge is -2.07. The lowest BCUT2D eigenvalue weighted by molar-refractivity contribution is 0.705. The summed E-state index contributed by atoms with van der Waals surface area (Å²) in [6.07, 6.45) is 2.89. The summed E-state index contributed by atoms with van der Waals surface area (Å²) in [5.41, 5.74) is 8.15. The molecule has 2 N–H and O–H groups in total. The van der Waals surface area contributed by atoms with E-state index < -0.39 is 0 Å². The molecule has 0 spiro atoms. The minimum atomic E-state index is 0.128. The second kappa shape index (κ2) is 5.36. The van der Waals surface area contributed by atoms with Crippen LogP contribution in [0.25, 0.3) is 5.65 Å². The first-order chi connectivity index (χ1) is 9.24. The van der Waals surface area contributed by atoms with Gasteiger partial charge in [0.2, 0.25) is 0 Å². The Kier molecular flexibility index (Phi) is 3.59. The highest BCUT2D eigenvalue weighted by Crippen LogP contribution is 2.33. The number of nitrogens with zero attached hydrogens (tertiary/aromatic N) is 2. The van der Waals surface area contributed by atoms with Gasteiger partial charge < -0.3 is 10.1 Å². The van der Waals surface area contributed by atoms with Gasteiger partial charge in [0.15, 0.2) is 0 Å². The molecule has 0 amide bonds. The molecule has 1 unspecified atom stereocenters. The van der Waals surface area contributed by atoms with Crippen LogP contribution < -0.4 is 5.73 Å². The third-order valence-electron chi connectivity index (χ3n) is 2.80. The predicted molar refractivity (Wildman–Crippen MR) is 81.0 cm³/mol. The van der Waals surface area contributed by atoms with Crippen molar-refractivity contribution in [1.29, 1.82) is 0 Å². The molecular weight excluding hydrogens is 274 g/mol. The number of nitrogens with two attached hydrogens (primary N) is 1. The first kappa shape index (κ1) is 12.7. The summed E-state index contributed by atoms with van der Waals surface area (Å²) >= 11 is 3.46. The molecule has 3 heterocycles. The van der Waals surface area contributed by atoms with Crippen LogP contribution in [0.15, 0.2) is 51.1 Å². The number of hydrogen-bond acceptors (Lipinski definition) is 4. The molecule has 0 saturated carbocycles. The maximum Gasteiger partial charge on any atom is 0.138 e. The van der Waals surface area contributed by atoms with Gasteiger partial charge in [0.1, 0.15) is 10.7 Å². The number of hydrogen-bond donors (Lipinski definition) is 1. The van der Waals surface area contributed by atoms with Crippen molar-refractivity contribution < 1.29 is 0 Å². The van der Waals surface area contributed by atoms with Gasteiger partial charge in [0, 0.05) is 18.7 Å². The largest absolute Gasteiger partial charge is 0.328 e. The van der Waals surface area contributed by atoms with Crippen molar-refractivity contribution in [3.63, 3.8) is 0 Å². The third kappa shape index (κ3) is 2.68. The second-order valence-corrected chi connectivity index (χ2v) is 6.74. The quantitative estimate of drug-likeness (QED) is 0.800. The van der Waals surface area contributed by atoms with Crippen molar-refractivity contribution in [3.05, 3.63) is 47.6 Å². The number of aromatic nitrogens is 2. The maximum absolute atomic E-state index is 5.97. The fourth-order valence-electron chi connectivity index (χ4n) is 2.01. The van der Waals surface area contributed by atoms with Gasteiger partial charge >= 0.3 is 0 Å². The zero-order chi connectivity index (χ0) is 13.2. The summed E-state index contributed by atoms with van der Waals surface area (Å²) in [5.74, 6) is 0. The van der Waals surface area contributed by atoms with E-state index in [1.807, 2.05) is 25.1 Å². The van der Waals surface area contributed by atoms with E-state index in [-0.39, 0.29) is 6.04 Å². The SMILES string of the molecule is CC(N)Cc1c(Sc2cccs2)nc2ccccn12. The molecule has 0 aliphatic heterocycles. The predicted octanol–water partition coefficient (Wildman–Crippen LogP) is 3.44. The van der Waals surface area contributed by atoms with Crippen LogP contribution >= 0.6 is 23.1 Å². The fourth-order valence-corrected chi connectivity index (χ4v) is 3.83. The second-order valence-electron chi connectivity index (χ2n) is 4.51. The number of thiophene rings is 1. The molecule has 3 rings (SSSR count). The van der Waals surface area contributed by atoms with Crippen LogP contribution in [0.3, 0.4) is 0 Å². The van der Waals surface area contributed by atoms with Crippen molar-refractivity contribution in [1.82, 2.24) is 9.38 Å². The van der Waals surface area contributed by atoms with E-state index in [0.29, 0.717) is 0 Å². The van der Waals surface area contributed by atoms with Crippen molar-refractivity contribution in [3.8, 4) is 0 Å². The molecule has 0 aliphatic carbocycles. The van der Waals surface area contributed by atoms with Crippen molar-refractivity contribution in [2.24, 2.45) is 5.73 Å². The molecular formula is C14H15N3S2. The minimum absolute atomic E-state index is 0.128. The van der Waals surface area contributed by atoms with Gasteiger partial charge in [-0.25, -0.2) is 4.98 Å². The molecule has 0 bridgehead atoms. The van der Waals surface area contributed by atoms with Gasteiger partial charge in [-0.2, -0.15) is 0 Å². The smallest absolute Gasteiger partial charge is 0.138 e. The zero-order valence-electron chi connectivity index (χ0n) is 10.6. The van der Waals surface area contributed by atoms with Crippen molar-refractivity contribution in [2.45, 2.75) is 28.6 Å². The molecule has 19 heavy (non-hydrogen) atoms. The molecule has 0 aromatic carbocycles. The van der Waals surface area contributed by atoms with E-state index in [9.17, 15) is 0 Å². The van der Waals surface area contributed by atoms with E-state index in [1.165, 1.54) is 9.90 Å². The van der Waals surface area contributed by atoms with E-state index >= 15 is 0 Å². The topological polar surface area (TPSA) is 43.3 Å². The summed E-state index contributed by atoms with van der Waals surface area (Å²) in [6, 6.07) is 10.4. The van der Waals surface area contributed by atoms with Crippen LogP contribution in [0.4, 0.5) is 0 Å². The monoisotopic (exact) mass is 289 g/mol. The molecule has 0 radical (unpaired) electrons. The van der Waals surface area contributed by atoms with Gasteiger partial charge in [-0.05, 0) is 30.5 Å². The Balaban J connectivity index is 2.06. The Bertz CT molecular complexity index is 671. The van der Waals surface area contributed by atoms with E-state index in [0.717, 1.165) is 17.1 Å².